The molecule has 0 bridgehead atoms. The van der Waals surface area contributed by atoms with Crippen molar-refractivity contribution < 1.29 is 9.59 Å². The topological polar surface area (TPSA) is 73.0 Å². The molecule has 0 atom stereocenters. The molecular weight excluding hydrogens is 240 g/mol. The van der Waals surface area contributed by atoms with Gasteiger partial charge in [-0.3, -0.25) is 9.59 Å². The summed E-state index contributed by atoms with van der Waals surface area (Å²) in [6.45, 7) is 1.93. The summed E-state index contributed by atoms with van der Waals surface area (Å²) in [4.78, 5) is 29.0. The maximum absolute atomic E-state index is 12.4. The molecule has 0 amide bonds. The normalized spacial score (nSPS) is 13.1. The molecule has 2 aromatic rings. The van der Waals surface area contributed by atoms with Crippen molar-refractivity contribution in [1.82, 2.24) is 4.98 Å². The van der Waals surface area contributed by atoms with Crippen molar-refractivity contribution in [3.63, 3.8) is 0 Å². The molecule has 2 N–H and O–H groups in total. The molecule has 3 rings (SSSR count). The Hall–Kier alpha value is -2.49. The summed E-state index contributed by atoms with van der Waals surface area (Å²) < 4.78 is 0. The number of hydrogen-bond donors (Lipinski definition) is 1. The number of nitrogens with zero attached hydrogens (tertiary/aromatic N) is 1. The molecule has 0 spiro atoms. The second-order valence-corrected chi connectivity index (χ2v) is 4.48. The Labute approximate surface area is 110 Å². The van der Waals surface area contributed by atoms with Gasteiger partial charge in [-0.2, -0.15) is 0 Å². The molecular formula is C15H12N2O2. The lowest BCUT2D eigenvalue weighted by molar-refractivity contribution is 0.0979. The van der Waals surface area contributed by atoms with E-state index in [-0.39, 0.29) is 22.9 Å². The Balaban J connectivity index is 2.33. The van der Waals surface area contributed by atoms with Crippen molar-refractivity contribution in [3.05, 3.63) is 58.3 Å². The highest BCUT2D eigenvalue weighted by Crippen LogP contribution is 2.30. The third kappa shape index (κ3) is 1.57. The Bertz CT molecular complexity index is 720. The minimum atomic E-state index is -0.224. The van der Waals surface area contributed by atoms with E-state index in [1.54, 1.807) is 30.3 Å². The molecule has 1 aromatic carbocycles. The second-order valence-electron chi connectivity index (χ2n) is 4.48. The molecule has 19 heavy (non-hydrogen) atoms. The quantitative estimate of drug-likeness (QED) is 0.719. The predicted octanol–water partition coefficient (Wildman–Crippen LogP) is 2.00. The van der Waals surface area contributed by atoms with Crippen LogP contribution in [-0.2, 0) is 6.42 Å². The summed E-state index contributed by atoms with van der Waals surface area (Å²) >= 11 is 0. The number of benzene rings is 1. The number of nitrogens with two attached hydrogens (primary N) is 1. The van der Waals surface area contributed by atoms with Crippen molar-refractivity contribution in [2.24, 2.45) is 0 Å². The van der Waals surface area contributed by atoms with Gasteiger partial charge in [0, 0.05) is 22.4 Å². The first-order chi connectivity index (χ1) is 9.13. The standard InChI is InChI=1S/C15H12N2O2/c1-2-8-7-11-12(15(16)17-8)14(19)10-6-4-3-5-9(10)13(11)18/h3-7H,2H2,1H3,(H2,16,17). The minimum absolute atomic E-state index is 0.141. The molecule has 0 saturated carbocycles. The lowest BCUT2D eigenvalue weighted by atomic mass is 9.84. The van der Waals surface area contributed by atoms with Crippen molar-refractivity contribution in [2.75, 3.05) is 5.73 Å². The van der Waals surface area contributed by atoms with E-state index in [4.69, 9.17) is 5.73 Å². The highest BCUT2D eigenvalue weighted by molar-refractivity contribution is 6.29. The highest BCUT2D eigenvalue weighted by Gasteiger charge is 2.31. The largest absolute Gasteiger partial charge is 0.383 e. The summed E-state index contributed by atoms with van der Waals surface area (Å²) in [6, 6.07) is 8.47. The first-order valence-corrected chi connectivity index (χ1v) is 6.11. The monoisotopic (exact) mass is 252 g/mol. The van der Waals surface area contributed by atoms with Gasteiger partial charge < -0.3 is 5.73 Å². The first-order valence-electron chi connectivity index (χ1n) is 6.11. The number of anilines is 1. The maximum Gasteiger partial charge on any atom is 0.198 e. The van der Waals surface area contributed by atoms with Gasteiger partial charge in [-0.1, -0.05) is 31.2 Å². The number of aromatic nitrogens is 1. The Morgan fingerprint density at radius 1 is 1.05 bits per heavy atom. The third-order valence-corrected chi connectivity index (χ3v) is 3.35. The first kappa shape index (κ1) is 11.6. The van der Waals surface area contributed by atoms with Gasteiger partial charge in [0.15, 0.2) is 11.6 Å². The van der Waals surface area contributed by atoms with Crippen LogP contribution in [0.4, 0.5) is 5.82 Å². The zero-order chi connectivity index (χ0) is 13.6. The van der Waals surface area contributed by atoms with E-state index in [9.17, 15) is 9.59 Å². The van der Waals surface area contributed by atoms with E-state index in [1.165, 1.54) is 0 Å². The fraction of sp³-hybridized carbons (Fsp3) is 0.133. The van der Waals surface area contributed by atoms with Crippen LogP contribution in [0.2, 0.25) is 0 Å². The third-order valence-electron chi connectivity index (χ3n) is 3.35. The van der Waals surface area contributed by atoms with Gasteiger partial charge in [-0.05, 0) is 12.5 Å². The Morgan fingerprint density at radius 3 is 2.32 bits per heavy atom. The molecule has 4 nitrogen and oxygen atoms in total. The van der Waals surface area contributed by atoms with Gasteiger partial charge in [-0.15, -0.1) is 0 Å². The lowest BCUT2D eigenvalue weighted by Gasteiger charge is -2.18. The summed E-state index contributed by atoms with van der Waals surface area (Å²) in [5, 5.41) is 0. The van der Waals surface area contributed by atoms with Crippen LogP contribution < -0.4 is 5.73 Å². The molecule has 1 aliphatic rings. The number of pyridine rings is 1. The van der Waals surface area contributed by atoms with E-state index in [2.05, 4.69) is 4.98 Å². The van der Waals surface area contributed by atoms with Crippen LogP contribution in [0.25, 0.3) is 0 Å². The number of carbonyl (C=O) groups excluding carboxylic acids is 2. The van der Waals surface area contributed by atoms with Crippen molar-refractivity contribution in [3.8, 4) is 0 Å². The van der Waals surface area contributed by atoms with Gasteiger partial charge >= 0.3 is 0 Å². The second kappa shape index (κ2) is 4.02. The number of aryl methyl sites for hydroxylation is 1. The van der Waals surface area contributed by atoms with E-state index in [1.807, 2.05) is 6.92 Å². The van der Waals surface area contributed by atoms with Crippen molar-refractivity contribution >= 4 is 17.4 Å². The van der Waals surface area contributed by atoms with Gasteiger partial charge in [0.2, 0.25) is 0 Å². The van der Waals surface area contributed by atoms with E-state index < -0.39 is 0 Å². The number of hydrogen-bond acceptors (Lipinski definition) is 4. The summed E-state index contributed by atoms with van der Waals surface area (Å²) in [5.74, 6) is -0.242. The van der Waals surface area contributed by atoms with Crippen LogP contribution in [0.1, 0.15) is 44.5 Å². The van der Waals surface area contributed by atoms with Gasteiger partial charge in [0.1, 0.15) is 5.82 Å². The molecule has 1 aromatic heterocycles. The summed E-state index contributed by atoms with van der Waals surface area (Å²) in [7, 11) is 0. The number of nitrogen functional groups attached to an aromatic ring is 1. The fourth-order valence-electron chi connectivity index (χ4n) is 2.38. The predicted molar refractivity (Wildman–Crippen MR) is 71.3 cm³/mol. The zero-order valence-electron chi connectivity index (χ0n) is 10.4. The van der Waals surface area contributed by atoms with Crippen molar-refractivity contribution in [2.45, 2.75) is 13.3 Å². The van der Waals surface area contributed by atoms with Gasteiger partial charge in [0.25, 0.3) is 0 Å². The summed E-state index contributed by atoms with van der Waals surface area (Å²) in [5.41, 5.74) is 8.01. The van der Waals surface area contributed by atoms with Crippen LogP contribution in [0.15, 0.2) is 30.3 Å². The molecule has 4 heteroatoms. The summed E-state index contributed by atoms with van der Waals surface area (Å²) in [6.07, 6.45) is 0.667. The molecule has 94 valence electrons. The SMILES string of the molecule is CCc1cc2c(c(N)n1)C(=O)c1ccccc1C2=O. The number of rotatable bonds is 1. The van der Waals surface area contributed by atoms with Crippen molar-refractivity contribution in [1.29, 1.82) is 0 Å². The van der Waals surface area contributed by atoms with Crippen LogP contribution in [0.3, 0.4) is 0 Å². The van der Waals surface area contributed by atoms with E-state index in [0.29, 0.717) is 23.1 Å². The molecule has 0 aliphatic heterocycles. The highest BCUT2D eigenvalue weighted by atomic mass is 16.1. The smallest absolute Gasteiger partial charge is 0.198 e. The van der Waals surface area contributed by atoms with Gasteiger partial charge in [0.05, 0.1) is 5.56 Å². The number of fused-ring (bicyclic) bond motifs is 2. The number of ketones is 2. The molecule has 0 unspecified atom stereocenters. The fourth-order valence-corrected chi connectivity index (χ4v) is 2.38. The average molecular weight is 252 g/mol. The average Bonchev–Trinajstić information content (AvgIpc) is 2.44. The van der Waals surface area contributed by atoms with Gasteiger partial charge in [-0.25, -0.2) is 4.98 Å². The maximum atomic E-state index is 12.4. The minimum Gasteiger partial charge on any atom is -0.383 e. The van der Waals surface area contributed by atoms with Crippen LogP contribution in [0.5, 0.6) is 0 Å². The van der Waals surface area contributed by atoms with Crippen LogP contribution in [-0.4, -0.2) is 16.6 Å². The molecule has 0 fully saturated rings. The Morgan fingerprint density at radius 2 is 1.68 bits per heavy atom. The Kier molecular flexibility index (Phi) is 2.45. The van der Waals surface area contributed by atoms with Crippen LogP contribution >= 0.6 is 0 Å². The van der Waals surface area contributed by atoms with Crippen LogP contribution in [0, 0.1) is 0 Å². The molecule has 0 saturated heterocycles. The number of carbonyl (C=O) groups is 2. The lowest BCUT2D eigenvalue weighted by Crippen LogP contribution is -2.23. The molecule has 1 heterocycles. The zero-order valence-corrected chi connectivity index (χ0v) is 10.4. The molecule has 0 radical (unpaired) electrons. The van der Waals surface area contributed by atoms with E-state index in [0.717, 1.165) is 5.69 Å². The van der Waals surface area contributed by atoms with E-state index >= 15 is 0 Å². The molecule has 1 aliphatic carbocycles.